The molecule has 0 spiro atoms. The SMILES string of the molecule is O=S(=O)(F)C1CCCCCCCCCCC1. The third kappa shape index (κ3) is 5.83. The molecule has 0 aromatic heterocycles. The summed E-state index contributed by atoms with van der Waals surface area (Å²) in [5.41, 5.74) is 0. The van der Waals surface area contributed by atoms with Crippen LogP contribution < -0.4 is 0 Å². The monoisotopic (exact) mass is 250 g/mol. The molecular weight excluding hydrogens is 227 g/mol. The van der Waals surface area contributed by atoms with Crippen molar-refractivity contribution in [3.63, 3.8) is 0 Å². The lowest BCUT2D eigenvalue weighted by Crippen LogP contribution is -2.17. The molecular formula is C12H23FO2S. The molecule has 16 heavy (non-hydrogen) atoms. The van der Waals surface area contributed by atoms with Crippen LogP contribution >= 0.6 is 0 Å². The van der Waals surface area contributed by atoms with Crippen molar-refractivity contribution in [3.8, 4) is 0 Å². The van der Waals surface area contributed by atoms with E-state index < -0.39 is 15.5 Å². The Balaban J connectivity index is 2.42. The van der Waals surface area contributed by atoms with Gasteiger partial charge in [0.05, 0.1) is 5.25 Å². The summed E-state index contributed by atoms with van der Waals surface area (Å²) in [7, 11) is -4.31. The van der Waals surface area contributed by atoms with Crippen LogP contribution in [0.2, 0.25) is 0 Å². The van der Waals surface area contributed by atoms with E-state index in [0.29, 0.717) is 12.8 Å². The summed E-state index contributed by atoms with van der Waals surface area (Å²) >= 11 is 0. The lowest BCUT2D eigenvalue weighted by atomic mass is 10.0. The molecule has 0 N–H and O–H groups in total. The molecule has 0 radical (unpaired) electrons. The second kappa shape index (κ2) is 7.25. The second-order valence-corrected chi connectivity index (χ2v) is 6.47. The van der Waals surface area contributed by atoms with E-state index in [4.69, 9.17) is 0 Å². The van der Waals surface area contributed by atoms with Gasteiger partial charge in [-0.3, -0.25) is 0 Å². The van der Waals surface area contributed by atoms with Crippen LogP contribution in [0.15, 0.2) is 0 Å². The highest BCUT2D eigenvalue weighted by atomic mass is 32.3. The van der Waals surface area contributed by atoms with Gasteiger partial charge in [-0.05, 0) is 12.8 Å². The van der Waals surface area contributed by atoms with Crippen molar-refractivity contribution in [2.24, 2.45) is 0 Å². The molecule has 0 amide bonds. The molecule has 0 heterocycles. The number of rotatable bonds is 1. The molecule has 0 atom stereocenters. The van der Waals surface area contributed by atoms with Crippen LogP contribution in [0.5, 0.6) is 0 Å². The van der Waals surface area contributed by atoms with Crippen LogP contribution in [0.4, 0.5) is 3.89 Å². The van der Waals surface area contributed by atoms with E-state index >= 15 is 0 Å². The van der Waals surface area contributed by atoms with E-state index in [1.165, 1.54) is 32.1 Å². The Bertz CT molecular complexity index is 263. The normalized spacial score (nSPS) is 23.3. The molecule has 4 heteroatoms. The largest absolute Gasteiger partial charge is 0.305 e. The molecule has 2 nitrogen and oxygen atoms in total. The van der Waals surface area contributed by atoms with Crippen LogP contribution in [-0.2, 0) is 10.2 Å². The van der Waals surface area contributed by atoms with Crippen LogP contribution in [0.25, 0.3) is 0 Å². The highest BCUT2D eigenvalue weighted by Crippen LogP contribution is 2.22. The van der Waals surface area contributed by atoms with Crippen molar-refractivity contribution in [2.45, 2.75) is 75.9 Å². The molecule has 1 aliphatic carbocycles. The molecule has 1 fully saturated rings. The predicted octanol–water partition coefficient (Wildman–Crippen LogP) is 3.96. The van der Waals surface area contributed by atoms with E-state index in [2.05, 4.69) is 0 Å². The topological polar surface area (TPSA) is 34.1 Å². The van der Waals surface area contributed by atoms with Gasteiger partial charge in [0.15, 0.2) is 0 Å². The maximum absolute atomic E-state index is 13.0. The third-order valence-corrected chi connectivity index (χ3v) is 4.72. The van der Waals surface area contributed by atoms with Crippen molar-refractivity contribution >= 4 is 10.2 Å². The quantitative estimate of drug-likeness (QED) is 0.660. The first-order chi connectivity index (χ1) is 7.61. The molecule has 0 saturated heterocycles. The Morgan fingerprint density at radius 3 is 1.31 bits per heavy atom. The van der Waals surface area contributed by atoms with Gasteiger partial charge in [-0.15, -0.1) is 3.89 Å². The first kappa shape index (κ1) is 13.9. The van der Waals surface area contributed by atoms with Crippen LogP contribution in [0.3, 0.4) is 0 Å². The van der Waals surface area contributed by atoms with Crippen molar-refractivity contribution < 1.29 is 12.3 Å². The minimum Gasteiger partial charge on any atom is -0.195 e. The van der Waals surface area contributed by atoms with Crippen molar-refractivity contribution in [3.05, 3.63) is 0 Å². The molecule has 96 valence electrons. The van der Waals surface area contributed by atoms with E-state index in [-0.39, 0.29) is 0 Å². The maximum atomic E-state index is 13.0. The van der Waals surface area contributed by atoms with E-state index in [1.54, 1.807) is 0 Å². The van der Waals surface area contributed by atoms with Crippen LogP contribution in [-0.4, -0.2) is 13.7 Å². The van der Waals surface area contributed by atoms with Gasteiger partial charge in [0.1, 0.15) is 0 Å². The van der Waals surface area contributed by atoms with E-state index in [9.17, 15) is 12.3 Å². The fraction of sp³-hybridized carbons (Fsp3) is 1.00. The fourth-order valence-electron chi connectivity index (χ4n) is 2.41. The van der Waals surface area contributed by atoms with Gasteiger partial charge >= 0.3 is 10.2 Å². The average molecular weight is 250 g/mol. The zero-order chi connectivity index (χ0) is 11.9. The predicted molar refractivity (Wildman–Crippen MR) is 64.6 cm³/mol. The molecule has 0 unspecified atom stereocenters. The van der Waals surface area contributed by atoms with Gasteiger partial charge in [0.25, 0.3) is 0 Å². The van der Waals surface area contributed by atoms with Crippen LogP contribution in [0.1, 0.15) is 70.6 Å². The smallest absolute Gasteiger partial charge is 0.195 e. The van der Waals surface area contributed by atoms with Gasteiger partial charge in [-0.1, -0.05) is 57.8 Å². The molecule has 1 saturated carbocycles. The highest BCUT2D eigenvalue weighted by Gasteiger charge is 2.23. The van der Waals surface area contributed by atoms with Crippen molar-refractivity contribution in [2.75, 3.05) is 0 Å². The Hall–Kier alpha value is -0.120. The molecule has 0 aliphatic heterocycles. The van der Waals surface area contributed by atoms with E-state index in [0.717, 1.165) is 25.7 Å². The maximum Gasteiger partial charge on any atom is 0.305 e. The average Bonchev–Trinajstić information content (AvgIpc) is 2.16. The zero-order valence-corrected chi connectivity index (χ0v) is 10.8. The summed E-state index contributed by atoms with van der Waals surface area (Å²) in [5.74, 6) is 0. The summed E-state index contributed by atoms with van der Waals surface area (Å²) < 4.78 is 34.8. The Kier molecular flexibility index (Phi) is 6.32. The summed E-state index contributed by atoms with van der Waals surface area (Å²) in [5, 5.41) is -0.730. The van der Waals surface area contributed by atoms with Crippen molar-refractivity contribution in [1.82, 2.24) is 0 Å². The summed E-state index contributed by atoms with van der Waals surface area (Å²) in [6.07, 6.45) is 10.9. The summed E-state index contributed by atoms with van der Waals surface area (Å²) in [4.78, 5) is 0. The molecule has 0 bridgehead atoms. The Morgan fingerprint density at radius 1 is 0.688 bits per heavy atom. The molecule has 0 aromatic carbocycles. The summed E-state index contributed by atoms with van der Waals surface area (Å²) in [6, 6.07) is 0. The Labute approximate surface area is 98.8 Å². The van der Waals surface area contributed by atoms with E-state index in [1.807, 2.05) is 0 Å². The molecule has 1 aliphatic rings. The number of halogens is 1. The molecule has 1 rings (SSSR count). The number of hydrogen-bond acceptors (Lipinski definition) is 2. The lowest BCUT2D eigenvalue weighted by Gasteiger charge is -2.13. The fourth-order valence-corrected chi connectivity index (χ4v) is 3.30. The van der Waals surface area contributed by atoms with Gasteiger partial charge < -0.3 is 0 Å². The zero-order valence-electron chi connectivity index (χ0n) is 9.96. The lowest BCUT2D eigenvalue weighted by molar-refractivity contribution is 0.475. The standard InChI is InChI=1S/C12H23FO2S/c13-16(14,15)12-10-8-6-4-2-1-3-5-7-9-11-12/h12H,1-11H2. The van der Waals surface area contributed by atoms with Gasteiger partial charge in [-0.2, -0.15) is 8.42 Å². The van der Waals surface area contributed by atoms with Gasteiger partial charge in [0.2, 0.25) is 0 Å². The van der Waals surface area contributed by atoms with Crippen LogP contribution in [0, 0.1) is 0 Å². The second-order valence-electron chi connectivity index (χ2n) is 4.86. The number of hydrogen-bond donors (Lipinski definition) is 0. The minimum absolute atomic E-state index is 0.513. The summed E-state index contributed by atoms with van der Waals surface area (Å²) in [6.45, 7) is 0. The first-order valence-corrected chi connectivity index (χ1v) is 7.99. The third-order valence-electron chi connectivity index (χ3n) is 3.45. The minimum atomic E-state index is -4.31. The molecule has 0 aromatic rings. The Morgan fingerprint density at radius 2 is 1.00 bits per heavy atom. The van der Waals surface area contributed by atoms with Gasteiger partial charge in [0, 0.05) is 0 Å². The van der Waals surface area contributed by atoms with Crippen molar-refractivity contribution in [1.29, 1.82) is 0 Å². The highest BCUT2D eigenvalue weighted by molar-refractivity contribution is 7.87. The van der Waals surface area contributed by atoms with Gasteiger partial charge in [-0.25, -0.2) is 0 Å². The first-order valence-electron chi connectivity index (χ1n) is 6.54.